The van der Waals surface area contributed by atoms with Crippen LogP contribution in [0.2, 0.25) is 0 Å². The molecule has 20 heavy (non-hydrogen) atoms. The second-order valence-corrected chi connectivity index (χ2v) is 7.22. The van der Waals surface area contributed by atoms with Crippen LogP contribution in [0.25, 0.3) is 0 Å². The van der Waals surface area contributed by atoms with Gasteiger partial charge in [0.05, 0.1) is 0 Å². The summed E-state index contributed by atoms with van der Waals surface area (Å²) in [5.41, 5.74) is 1.55. The Morgan fingerprint density at radius 3 is 1.25 bits per heavy atom. The van der Waals surface area contributed by atoms with Crippen molar-refractivity contribution in [2.45, 2.75) is 23.2 Å². The van der Waals surface area contributed by atoms with Gasteiger partial charge in [0, 0.05) is 0 Å². The summed E-state index contributed by atoms with van der Waals surface area (Å²) in [4.78, 5) is 0. The first-order valence-electron chi connectivity index (χ1n) is 6.18. The Morgan fingerprint density at radius 2 is 1.00 bits per heavy atom. The molecule has 106 valence electrons. The Balaban J connectivity index is 2.62. The van der Waals surface area contributed by atoms with Crippen molar-refractivity contribution in [3.05, 3.63) is 70.8 Å². The first-order chi connectivity index (χ1) is 9.25. The number of rotatable bonds is 2. The van der Waals surface area contributed by atoms with Gasteiger partial charge < -0.3 is 5.11 Å². The molecule has 0 aliphatic heterocycles. The highest BCUT2D eigenvalue weighted by Gasteiger charge is 2.49. The SMILES string of the molecule is Cc1ccc(C(O)(c2ccc(C)cc2)C(Cl)(Cl)Cl)cc1. The molecule has 2 rings (SSSR count). The molecule has 0 bridgehead atoms. The van der Waals surface area contributed by atoms with Crippen molar-refractivity contribution in [1.82, 2.24) is 0 Å². The molecule has 1 N–H and O–H groups in total. The Kier molecular flexibility index (Phi) is 4.36. The van der Waals surface area contributed by atoms with E-state index in [4.69, 9.17) is 34.8 Å². The van der Waals surface area contributed by atoms with Crippen LogP contribution in [-0.2, 0) is 5.60 Å². The predicted molar refractivity (Wildman–Crippen MR) is 85.6 cm³/mol. The summed E-state index contributed by atoms with van der Waals surface area (Å²) < 4.78 is -1.88. The minimum atomic E-state index is -1.88. The van der Waals surface area contributed by atoms with Gasteiger partial charge >= 0.3 is 0 Å². The Hall–Kier alpha value is -0.730. The fraction of sp³-hybridized carbons (Fsp3) is 0.250. The van der Waals surface area contributed by atoms with Crippen molar-refractivity contribution in [3.8, 4) is 0 Å². The predicted octanol–water partition coefficient (Wildman–Crippen LogP) is 4.91. The monoisotopic (exact) mass is 328 g/mol. The maximum atomic E-state index is 11.1. The van der Waals surface area contributed by atoms with Crippen LogP contribution in [0.15, 0.2) is 48.5 Å². The third kappa shape index (κ3) is 2.82. The van der Waals surface area contributed by atoms with E-state index in [1.54, 1.807) is 24.3 Å². The maximum absolute atomic E-state index is 11.1. The van der Waals surface area contributed by atoms with Crippen molar-refractivity contribution >= 4 is 34.8 Å². The van der Waals surface area contributed by atoms with E-state index < -0.39 is 9.39 Å². The summed E-state index contributed by atoms with van der Waals surface area (Å²) in [5.74, 6) is 0. The molecular weight excluding hydrogens is 315 g/mol. The van der Waals surface area contributed by atoms with Crippen molar-refractivity contribution in [2.24, 2.45) is 0 Å². The molecule has 0 saturated carbocycles. The highest BCUT2D eigenvalue weighted by atomic mass is 35.6. The van der Waals surface area contributed by atoms with Crippen LogP contribution in [0.3, 0.4) is 0 Å². The molecule has 0 spiro atoms. The lowest BCUT2D eigenvalue weighted by atomic mass is 9.87. The van der Waals surface area contributed by atoms with Crippen molar-refractivity contribution in [3.63, 3.8) is 0 Å². The van der Waals surface area contributed by atoms with Crippen LogP contribution in [0.5, 0.6) is 0 Å². The molecule has 0 fully saturated rings. The van der Waals surface area contributed by atoms with E-state index >= 15 is 0 Å². The van der Waals surface area contributed by atoms with Crippen LogP contribution in [0.1, 0.15) is 22.3 Å². The number of hydrogen-bond donors (Lipinski definition) is 1. The van der Waals surface area contributed by atoms with Gasteiger partial charge in [0.15, 0.2) is 5.60 Å². The highest BCUT2D eigenvalue weighted by molar-refractivity contribution is 6.68. The standard InChI is InChI=1S/C16H15Cl3O/c1-11-3-7-13(8-4-11)15(20,16(17,18)19)14-9-5-12(2)6-10-14/h3-10,20H,1-2H3. The number of aliphatic hydroxyl groups is 1. The quantitative estimate of drug-likeness (QED) is 0.776. The Labute approximate surface area is 134 Å². The lowest BCUT2D eigenvalue weighted by Crippen LogP contribution is -2.41. The van der Waals surface area contributed by atoms with Gasteiger partial charge in [-0.3, -0.25) is 0 Å². The Bertz CT molecular complexity index is 537. The summed E-state index contributed by atoms with van der Waals surface area (Å²) in [5, 5.41) is 11.1. The molecule has 4 heteroatoms. The summed E-state index contributed by atoms with van der Waals surface area (Å²) in [6, 6.07) is 14.6. The zero-order chi connectivity index (χ0) is 15.0. The third-order valence-corrected chi connectivity index (χ3v) is 4.17. The van der Waals surface area contributed by atoms with Gasteiger partial charge in [0.25, 0.3) is 0 Å². The molecule has 0 aliphatic carbocycles. The summed E-state index contributed by atoms with van der Waals surface area (Å²) in [6.07, 6.45) is 0. The van der Waals surface area contributed by atoms with Gasteiger partial charge in [0.1, 0.15) is 0 Å². The van der Waals surface area contributed by atoms with Crippen molar-refractivity contribution in [2.75, 3.05) is 0 Å². The molecule has 0 heterocycles. The molecule has 0 unspecified atom stereocenters. The lowest BCUT2D eigenvalue weighted by Gasteiger charge is -2.35. The Morgan fingerprint density at radius 1 is 0.700 bits per heavy atom. The fourth-order valence-electron chi connectivity index (χ4n) is 2.08. The highest BCUT2D eigenvalue weighted by Crippen LogP contribution is 2.49. The molecule has 0 aliphatic rings. The van der Waals surface area contributed by atoms with Crippen molar-refractivity contribution < 1.29 is 5.11 Å². The van der Waals surface area contributed by atoms with Gasteiger partial charge in [-0.1, -0.05) is 94.5 Å². The van der Waals surface area contributed by atoms with Gasteiger partial charge in [-0.2, -0.15) is 0 Å². The number of hydrogen-bond acceptors (Lipinski definition) is 1. The second kappa shape index (κ2) is 5.57. The molecule has 0 amide bonds. The van der Waals surface area contributed by atoms with Gasteiger partial charge in [-0.25, -0.2) is 0 Å². The minimum absolute atomic E-state index is 0.548. The zero-order valence-electron chi connectivity index (χ0n) is 11.2. The number of alkyl halides is 3. The van der Waals surface area contributed by atoms with E-state index in [0.29, 0.717) is 11.1 Å². The first-order valence-corrected chi connectivity index (χ1v) is 7.32. The van der Waals surface area contributed by atoms with E-state index in [0.717, 1.165) is 11.1 Å². The molecule has 2 aromatic carbocycles. The van der Waals surface area contributed by atoms with E-state index in [1.165, 1.54) is 0 Å². The van der Waals surface area contributed by atoms with E-state index in [2.05, 4.69) is 0 Å². The average molecular weight is 330 g/mol. The van der Waals surface area contributed by atoms with Crippen LogP contribution in [-0.4, -0.2) is 8.90 Å². The topological polar surface area (TPSA) is 20.2 Å². The summed E-state index contributed by atoms with van der Waals surface area (Å²) >= 11 is 18.2. The molecule has 2 aromatic rings. The van der Waals surface area contributed by atoms with Crippen LogP contribution in [0, 0.1) is 13.8 Å². The van der Waals surface area contributed by atoms with Crippen LogP contribution < -0.4 is 0 Å². The number of aryl methyl sites for hydroxylation is 2. The summed E-state index contributed by atoms with van der Waals surface area (Å²) in [7, 11) is 0. The maximum Gasteiger partial charge on any atom is 0.227 e. The molecule has 0 atom stereocenters. The molecular formula is C16H15Cl3O. The smallest absolute Gasteiger partial charge is 0.227 e. The van der Waals surface area contributed by atoms with E-state index in [9.17, 15) is 5.11 Å². The summed E-state index contributed by atoms with van der Waals surface area (Å²) in [6.45, 7) is 3.92. The number of halogens is 3. The fourth-order valence-corrected chi connectivity index (χ4v) is 2.74. The van der Waals surface area contributed by atoms with E-state index in [-0.39, 0.29) is 0 Å². The largest absolute Gasteiger partial charge is 0.376 e. The van der Waals surface area contributed by atoms with Gasteiger partial charge in [-0.05, 0) is 25.0 Å². The third-order valence-electron chi connectivity index (χ3n) is 3.35. The lowest BCUT2D eigenvalue weighted by molar-refractivity contribution is 0.0850. The van der Waals surface area contributed by atoms with Crippen molar-refractivity contribution in [1.29, 1.82) is 0 Å². The zero-order valence-corrected chi connectivity index (χ0v) is 13.5. The number of benzene rings is 2. The first kappa shape index (κ1) is 15.7. The molecule has 1 nitrogen and oxygen atoms in total. The van der Waals surface area contributed by atoms with Gasteiger partial charge in [0.2, 0.25) is 3.79 Å². The average Bonchev–Trinajstić information content (AvgIpc) is 2.38. The molecule has 0 radical (unpaired) electrons. The second-order valence-electron chi connectivity index (χ2n) is 4.94. The van der Waals surface area contributed by atoms with Gasteiger partial charge in [-0.15, -0.1) is 0 Å². The minimum Gasteiger partial charge on any atom is -0.376 e. The normalized spacial score (nSPS) is 12.5. The molecule has 0 saturated heterocycles. The van der Waals surface area contributed by atoms with Crippen LogP contribution >= 0.6 is 34.8 Å². The molecule has 0 aromatic heterocycles. The van der Waals surface area contributed by atoms with Crippen LogP contribution in [0.4, 0.5) is 0 Å². The van der Waals surface area contributed by atoms with E-state index in [1.807, 2.05) is 38.1 Å².